The van der Waals surface area contributed by atoms with Crippen LogP contribution in [0, 0.1) is 0 Å². The van der Waals surface area contributed by atoms with Gasteiger partial charge in [-0.1, -0.05) is 36.4 Å². The lowest BCUT2D eigenvalue weighted by Crippen LogP contribution is -2.46. The summed E-state index contributed by atoms with van der Waals surface area (Å²) >= 11 is 0. The number of para-hydroxylation sites is 2. The Morgan fingerprint density at radius 2 is 1.65 bits per heavy atom. The summed E-state index contributed by atoms with van der Waals surface area (Å²) in [6.07, 6.45) is 1.12. The van der Waals surface area contributed by atoms with E-state index >= 15 is 0 Å². The molecule has 4 heteroatoms. The van der Waals surface area contributed by atoms with E-state index in [1.807, 2.05) is 11.0 Å². The summed E-state index contributed by atoms with van der Waals surface area (Å²) in [6.45, 7) is 8.00. The number of carbonyl (C=O) groups excluding carboxylic acids is 1. The first-order chi connectivity index (χ1) is 12.7. The highest BCUT2D eigenvalue weighted by Gasteiger charge is 2.30. The third-order valence-electron chi connectivity index (χ3n) is 5.74. The van der Waals surface area contributed by atoms with E-state index in [1.165, 1.54) is 11.3 Å². The normalized spacial score (nSPS) is 20.3. The van der Waals surface area contributed by atoms with Crippen molar-refractivity contribution < 1.29 is 4.79 Å². The van der Waals surface area contributed by atoms with Crippen molar-refractivity contribution in [3.8, 4) is 0 Å². The van der Waals surface area contributed by atoms with Gasteiger partial charge in [-0.25, -0.2) is 0 Å². The van der Waals surface area contributed by atoms with Gasteiger partial charge in [0.15, 0.2) is 0 Å². The first-order valence-electron chi connectivity index (χ1n) is 9.62. The quantitative estimate of drug-likeness (QED) is 0.847. The van der Waals surface area contributed by atoms with E-state index in [1.54, 1.807) is 6.92 Å². The molecule has 2 aliphatic rings. The van der Waals surface area contributed by atoms with Crippen LogP contribution in [0.5, 0.6) is 0 Å². The van der Waals surface area contributed by atoms with Crippen LogP contribution in [0.15, 0.2) is 54.6 Å². The molecule has 1 saturated heterocycles. The number of hydrogen-bond donors (Lipinski definition) is 0. The molecule has 0 N–H and O–H groups in total. The van der Waals surface area contributed by atoms with Gasteiger partial charge in [0.2, 0.25) is 5.91 Å². The summed E-state index contributed by atoms with van der Waals surface area (Å²) < 4.78 is 0. The molecule has 1 unspecified atom stereocenters. The summed E-state index contributed by atoms with van der Waals surface area (Å²) in [4.78, 5) is 18.9. The molecule has 1 fully saturated rings. The number of hydrogen-bond acceptors (Lipinski definition) is 3. The fourth-order valence-electron chi connectivity index (χ4n) is 4.25. The molecule has 1 amide bonds. The van der Waals surface area contributed by atoms with Crippen LogP contribution in [0.1, 0.15) is 24.8 Å². The number of anilines is 2. The summed E-state index contributed by atoms with van der Waals surface area (Å²) in [7, 11) is 0. The van der Waals surface area contributed by atoms with Crippen molar-refractivity contribution in [2.45, 2.75) is 19.3 Å². The lowest BCUT2D eigenvalue weighted by Gasteiger charge is -2.36. The van der Waals surface area contributed by atoms with E-state index < -0.39 is 0 Å². The third kappa shape index (κ3) is 3.47. The summed E-state index contributed by atoms with van der Waals surface area (Å²) in [5, 5.41) is 0. The van der Waals surface area contributed by atoms with E-state index in [0.29, 0.717) is 5.92 Å². The van der Waals surface area contributed by atoms with Gasteiger partial charge < -0.3 is 9.80 Å². The molecule has 2 heterocycles. The van der Waals surface area contributed by atoms with Gasteiger partial charge in [-0.2, -0.15) is 0 Å². The lowest BCUT2D eigenvalue weighted by molar-refractivity contribution is -0.116. The van der Waals surface area contributed by atoms with Crippen molar-refractivity contribution in [2.75, 3.05) is 49.1 Å². The van der Waals surface area contributed by atoms with Crippen molar-refractivity contribution in [1.82, 2.24) is 4.90 Å². The average molecular weight is 349 g/mol. The van der Waals surface area contributed by atoms with E-state index in [0.717, 1.165) is 51.4 Å². The molecule has 2 aliphatic heterocycles. The molecule has 26 heavy (non-hydrogen) atoms. The third-order valence-corrected chi connectivity index (χ3v) is 5.74. The molecule has 4 rings (SSSR count). The smallest absolute Gasteiger partial charge is 0.223 e. The molecule has 0 aliphatic carbocycles. The average Bonchev–Trinajstić information content (AvgIpc) is 3.07. The Morgan fingerprint density at radius 3 is 2.38 bits per heavy atom. The Kier molecular flexibility index (Phi) is 4.93. The van der Waals surface area contributed by atoms with Gasteiger partial charge >= 0.3 is 0 Å². The van der Waals surface area contributed by atoms with E-state index in [-0.39, 0.29) is 5.91 Å². The molecule has 0 saturated carbocycles. The Morgan fingerprint density at radius 1 is 0.962 bits per heavy atom. The second kappa shape index (κ2) is 7.50. The van der Waals surface area contributed by atoms with Gasteiger partial charge in [0.25, 0.3) is 0 Å². The molecule has 2 aromatic rings. The minimum absolute atomic E-state index is 0.149. The molecular weight excluding hydrogens is 322 g/mol. The molecule has 0 bridgehead atoms. The predicted octanol–water partition coefficient (Wildman–Crippen LogP) is 3.35. The number of amides is 1. The highest BCUT2D eigenvalue weighted by Crippen LogP contribution is 2.38. The zero-order valence-electron chi connectivity index (χ0n) is 15.5. The first-order valence-corrected chi connectivity index (χ1v) is 9.62. The van der Waals surface area contributed by atoms with Crippen molar-refractivity contribution in [3.05, 3.63) is 60.2 Å². The topological polar surface area (TPSA) is 26.8 Å². The standard InChI is InChI=1S/C22H27N3O/c1-18(26)25-17-19(21-9-5-6-10-22(21)25)11-12-23-13-15-24(16-14-23)20-7-3-2-4-8-20/h2-10,19H,11-17H2,1H3. The molecule has 1 atom stereocenters. The molecular formula is C22H27N3O. The Balaban J connectivity index is 1.32. The SMILES string of the molecule is CC(=O)N1CC(CCN2CCN(c3ccccc3)CC2)c2ccccc21. The predicted molar refractivity (Wildman–Crippen MR) is 107 cm³/mol. The van der Waals surface area contributed by atoms with E-state index in [2.05, 4.69) is 58.3 Å². The largest absolute Gasteiger partial charge is 0.369 e. The van der Waals surface area contributed by atoms with Crippen molar-refractivity contribution in [2.24, 2.45) is 0 Å². The fraction of sp³-hybridized carbons (Fsp3) is 0.409. The van der Waals surface area contributed by atoms with Gasteiger partial charge in [0.05, 0.1) is 0 Å². The maximum Gasteiger partial charge on any atom is 0.223 e. The molecule has 0 radical (unpaired) electrons. The van der Waals surface area contributed by atoms with Crippen LogP contribution >= 0.6 is 0 Å². The number of carbonyl (C=O) groups is 1. The maximum absolute atomic E-state index is 11.9. The van der Waals surface area contributed by atoms with E-state index in [4.69, 9.17) is 0 Å². The zero-order chi connectivity index (χ0) is 17.9. The fourth-order valence-corrected chi connectivity index (χ4v) is 4.25. The molecule has 0 aromatic heterocycles. The minimum atomic E-state index is 0.149. The maximum atomic E-state index is 11.9. The van der Waals surface area contributed by atoms with Crippen LogP contribution in [-0.2, 0) is 4.79 Å². The van der Waals surface area contributed by atoms with Crippen LogP contribution in [0.25, 0.3) is 0 Å². The van der Waals surface area contributed by atoms with Gasteiger partial charge in [0.1, 0.15) is 0 Å². The monoisotopic (exact) mass is 349 g/mol. The van der Waals surface area contributed by atoms with Gasteiger partial charge in [-0.3, -0.25) is 9.69 Å². The lowest BCUT2D eigenvalue weighted by atomic mass is 9.97. The van der Waals surface area contributed by atoms with Gasteiger partial charge in [-0.15, -0.1) is 0 Å². The number of fused-ring (bicyclic) bond motifs is 1. The Hall–Kier alpha value is -2.33. The second-order valence-electron chi connectivity index (χ2n) is 7.34. The molecule has 2 aromatic carbocycles. The van der Waals surface area contributed by atoms with Crippen LogP contribution in [0.4, 0.5) is 11.4 Å². The van der Waals surface area contributed by atoms with Crippen LogP contribution in [0.3, 0.4) is 0 Å². The zero-order valence-corrected chi connectivity index (χ0v) is 15.5. The van der Waals surface area contributed by atoms with Crippen LogP contribution in [-0.4, -0.2) is 50.1 Å². The second-order valence-corrected chi connectivity index (χ2v) is 7.34. The number of piperazine rings is 1. The summed E-state index contributed by atoms with van der Waals surface area (Å²) in [5.74, 6) is 0.610. The highest BCUT2D eigenvalue weighted by atomic mass is 16.2. The number of nitrogens with zero attached hydrogens (tertiary/aromatic N) is 3. The Bertz CT molecular complexity index is 753. The molecule has 136 valence electrons. The Labute approximate surface area is 156 Å². The van der Waals surface area contributed by atoms with Gasteiger partial charge in [0, 0.05) is 56.9 Å². The van der Waals surface area contributed by atoms with E-state index in [9.17, 15) is 4.79 Å². The van der Waals surface area contributed by atoms with Crippen molar-refractivity contribution in [3.63, 3.8) is 0 Å². The first kappa shape index (κ1) is 17.1. The highest BCUT2D eigenvalue weighted by molar-refractivity contribution is 5.94. The van der Waals surface area contributed by atoms with Crippen LogP contribution in [0.2, 0.25) is 0 Å². The molecule has 4 nitrogen and oxygen atoms in total. The minimum Gasteiger partial charge on any atom is -0.369 e. The number of benzene rings is 2. The van der Waals surface area contributed by atoms with Crippen LogP contribution < -0.4 is 9.80 Å². The summed E-state index contributed by atoms with van der Waals surface area (Å²) in [6, 6.07) is 19.1. The van der Waals surface area contributed by atoms with Gasteiger partial charge in [-0.05, 0) is 36.7 Å². The molecule has 0 spiro atoms. The van der Waals surface area contributed by atoms with Crippen molar-refractivity contribution in [1.29, 1.82) is 0 Å². The summed E-state index contributed by atoms with van der Waals surface area (Å²) in [5.41, 5.74) is 3.78. The number of rotatable bonds is 4. The van der Waals surface area contributed by atoms with Crippen molar-refractivity contribution >= 4 is 17.3 Å².